The van der Waals surface area contributed by atoms with Gasteiger partial charge in [0.25, 0.3) is 0 Å². The molecular formula is C11H21N3O. The van der Waals surface area contributed by atoms with Crippen LogP contribution < -0.4 is 5.32 Å². The van der Waals surface area contributed by atoms with Crippen molar-refractivity contribution < 1.29 is 4.74 Å². The molecular weight excluding hydrogens is 190 g/mol. The van der Waals surface area contributed by atoms with Gasteiger partial charge >= 0.3 is 0 Å². The number of hydrogen-bond acceptors (Lipinski definition) is 4. The van der Waals surface area contributed by atoms with Gasteiger partial charge < -0.3 is 10.1 Å². The first-order chi connectivity index (χ1) is 7.38. The molecule has 1 unspecified atom stereocenters. The Kier molecular flexibility index (Phi) is 3.97. The van der Waals surface area contributed by atoms with Crippen molar-refractivity contribution in [3.05, 3.63) is 0 Å². The van der Waals surface area contributed by atoms with E-state index >= 15 is 0 Å². The minimum Gasteiger partial charge on any atom is -0.374 e. The fraction of sp³-hybridized carbons (Fsp3) is 0.909. The molecule has 0 aromatic heterocycles. The van der Waals surface area contributed by atoms with E-state index in [9.17, 15) is 0 Å². The molecule has 1 saturated heterocycles. The summed E-state index contributed by atoms with van der Waals surface area (Å²) in [5.74, 6) is 1.17. The quantitative estimate of drug-likeness (QED) is 0.738. The van der Waals surface area contributed by atoms with Crippen molar-refractivity contribution in [2.75, 3.05) is 39.3 Å². The highest BCUT2D eigenvalue weighted by atomic mass is 16.5. The number of rotatable bonds is 3. The standard InChI is InChI=1S/C11H21N3O/c1-2-14-6-7-15-10(9-14)8-13-11-4-3-5-12-11/h10H,2-9H2,1H3,(H,12,13). The third-order valence-corrected chi connectivity index (χ3v) is 3.08. The van der Waals surface area contributed by atoms with Crippen LogP contribution in [0.2, 0.25) is 0 Å². The Morgan fingerprint density at radius 3 is 3.27 bits per heavy atom. The second-order valence-electron chi connectivity index (χ2n) is 4.20. The third kappa shape index (κ3) is 3.18. The minimum absolute atomic E-state index is 0.335. The van der Waals surface area contributed by atoms with E-state index < -0.39 is 0 Å². The molecule has 0 radical (unpaired) electrons. The van der Waals surface area contributed by atoms with Crippen LogP contribution in [0.3, 0.4) is 0 Å². The van der Waals surface area contributed by atoms with Crippen LogP contribution in [-0.2, 0) is 4.74 Å². The van der Waals surface area contributed by atoms with Gasteiger partial charge in [-0.15, -0.1) is 0 Å². The predicted octanol–water partition coefficient (Wildman–Crippen LogP) is 0.489. The number of aliphatic imine (C=N–C) groups is 1. The molecule has 2 aliphatic rings. The lowest BCUT2D eigenvalue weighted by Crippen LogP contribution is -2.47. The summed E-state index contributed by atoms with van der Waals surface area (Å²) < 4.78 is 5.71. The molecule has 0 aromatic rings. The maximum atomic E-state index is 5.71. The minimum atomic E-state index is 0.335. The zero-order valence-corrected chi connectivity index (χ0v) is 9.54. The summed E-state index contributed by atoms with van der Waals surface area (Å²) in [5.41, 5.74) is 0. The zero-order chi connectivity index (χ0) is 10.5. The van der Waals surface area contributed by atoms with Crippen molar-refractivity contribution >= 4 is 5.84 Å². The molecule has 4 nitrogen and oxygen atoms in total. The molecule has 0 aliphatic carbocycles. The van der Waals surface area contributed by atoms with Crippen molar-refractivity contribution in [1.29, 1.82) is 0 Å². The van der Waals surface area contributed by atoms with Gasteiger partial charge in [-0.3, -0.25) is 9.89 Å². The first kappa shape index (κ1) is 10.9. The molecule has 4 heteroatoms. The fourth-order valence-electron chi connectivity index (χ4n) is 2.11. The number of amidine groups is 1. The van der Waals surface area contributed by atoms with E-state index in [1.807, 2.05) is 0 Å². The van der Waals surface area contributed by atoms with Crippen LogP contribution in [0, 0.1) is 0 Å². The summed E-state index contributed by atoms with van der Waals surface area (Å²) in [4.78, 5) is 6.83. The Labute approximate surface area is 91.7 Å². The predicted molar refractivity (Wildman–Crippen MR) is 61.4 cm³/mol. The Hall–Kier alpha value is -0.610. The van der Waals surface area contributed by atoms with E-state index in [1.54, 1.807) is 0 Å². The van der Waals surface area contributed by atoms with Gasteiger partial charge in [0.1, 0.15) is 0 Å². The van der Waals surface area contributed by atoms with Crippen molar-refractivity contribution in [2.24, 2.45) is 4.99 Å². The monoisotopic (exact) mass is 211 g/mol. The Morgan fingerprint density at radius 1 is 1.60 bits per heavy atom. The average molecular weight is 211 g/mol. The lowest BCUT2D eigenvalue weighted by Gasteiger charge is -2.32. The van der Waals surface area contributed by atoms with Crippen LogP contribution in [0.5, 0.6) is 0 Å². The molecule has 1 N–H and O–H groups in total. The Bertz CT molecular complexity index is 230. The molecule has 2 rings (SSSR count). The van der Waals surface area contributed by atoms with Gasteiger partial charge in [-0.05, 0) is 13.0 Å². The fourth-order valence-corrected chi connectivity index (χ4v) is 2.11. The smallest absolute Gasteiger partial charge is 0.0964 e. The maximum Gasteiger partial charge on any atom is 0.0964 e. The Morgan fingerprint density at radius 2 is 2.53 bits per heavy atom. The van der Waals surface area contributed by atoms with Crippen LogP contribution in [0.15, 0.2) is 4.99 Å². The number of nitrogens with zero attached hydrogens (tertiary/aromatic N) is 2. The number of morpholine rings is 1. The molecule has 1 atom stereocenters. The Balaban J connectivity index is 1.69. The summed E-state index contributed by atoms with van der Waals surface area (Å²) >= 11 is 0. The van der Waals surface area contributed by atoms with Crippen molar-refractivity contribution in [3.8, 4) is 0 Å². The summed E-state index contributed by atoms with van der Waals surface area (Å²) in [6.45, 7) is 8.24. The molecule has 0 aromatic carbocycles. The SMILES string of the molecule is CCN1CCOC(CNC2=NCCC2)C1. The van der Waals surface area contributed by atoms with Gasteiger partial charge in [-0.25, -0.2) is 0 Å². The highest BCUT2D eigenvalue weighted by Gasteiger charge is 2.19. The number of ether oxygens (including phenoxy) is 1. The molecule has 0 spiro atoms. The van der Waals surface area contributed by atoms with E-state index in [0.717, 1.165) is 45.8 Å². The second kappa shape index (κ2) is 5.47. The van der Waals surface area contributed by atoms with Crippen LogP contribution >= 0.6 is 0 Å². The molecule has 0 amide bonds. The van der Waals surface area contributed by atoms with Gasteiger partial charge in [-0.2, -0.15) is 0 Å². The largest absolute Gasteiger partial charge is 0.374 e. The van der Waals surface area contributed by atoms with Crippen molar-refractivity contribution in [2.45, 2.75) is 25.9 Å². The molecule has 2 heterocycles. The van der Waals surface area contributed by atoms with Gasteiger partial charge in [0.05, 0.1) is 18.5 Å². The van der Waals surface area contributed by atoms with Gasteiger partial charge in [0, 0.05) is 32.6 Å². The lowest BCUT2D eigenvalue weighted by molar-refractivity contribution is -0.0233. The van der Waals surface area contributed by atoms with Gasteiger partial charge in [0.2, 0.25) is 0 Å². The molecule has 1 fully saturated rings. The van der Waals surface area contributed by atoms with E-state index in [1.165, 1.54) is 12.3 Å². The first-order valence-corrected chi connectivity index (χ1v) is 5.99. The molecule has 86 valence electrons. The van der Waals surface area contributed by atoms with Crippen LogP contribution in [0.25, 0.3) is 0 Å². The highest BCUT2D eigenvalue weighted by molar-refractivity contribution is 5.83. The highest BCUT2D eigenvalue weighted by Crippen LogP contribution is 2.05. The van der Waals surface area contributed by atoms with Crippen LogP contribution in [0.1, 0.15) is 19.8 Å². The summed E-state index contributed by atoms with van der Waals surface area (Å²) in [6, 6.07) is 0. The normalized spacial score (nSPS) is 27.8. The number of likely N-dealkylation sites (N-methyl/N-ethyl adjacent to an activating group) is 1. The maximum absolute atomic E-state index is 5.71. The van der Waals surface area contributed by atoms with Gasteiger partial charge in [0.15, 0.2) is 0 Å². The first-order valence-electron chi connectivity index (χ1n) is 5.99. The molecule has 15 heavy (non-hydrogen) atoms. The van der Waals surface area contributed by atoms with E-state index in [-0.39, 0.29) is 0 Å². The average Bonchev–Trinajstić information content (AvgIpc) is 2.79. The van der Waals surface area contributed by atoms with Crippen LogP contribution in [0.4, 0.5) is 0 Å². The molecule has 0 bridgehead atoms. The summed E-state index contributed by atoms with van der Waals surface area (Å²) in [6.07, 6.45) is 2.65. The summed E-state index contributed by atoms with van der Waals surface area (Å²) in [5, 5.41) is 3.39. The van der Waals surface area contributed by atoms with E-state index in [0.29, 0.717) is 6.10 Å². The zero-order valence-electron chi connectivity index (χ0n) is 9.54. The molecule has 0 saturated carbocycles. The van der Waals surface area contributed by atoms with E-state index in [4.69, 9.17) is 4.74 Å². The lowest BCUT2D eigenvalue weighted by atomic mass is 10.2. The topological polar surface area (TPSA) is 36.9 Å². The third-order valence-electron chi connectivity index (χ3n) is 3.08. The van der Waals surface area contributed by atoms with E-state index in [2.05, 4.69) is 22.1 Å². The molecule has 2 aliphatic heterocycles. The van der Waals surface area contributed by atoms with Crippen molar-refractivity contribution in [3.63, 3.8) is 0 Å². The van der Waals surface area contributed by atoms with Crippen LogP contribution in [-0.4, -0.2) is 56.2 Å². The van der Waals surface area contributed by atoms with Gasteiger partial charge in [-0.1, -0.05) is 6.92 Å². The summed E-state index contributed by atoms with van der Waals surface area (Å²) in [7, 11) is 0. The second-order valence-corrected chi connectivity index (χ2v) is 4.20. The van der Waals surface area contributed by atoms with Crippen molar-refractivity contribution in [1.82, 2.24) is 10.2 Å². The number of nitrogens with one attached hydrogen (secondary N) is 1. The number of hydrogen-bond donors (Lipinski definition) is 1.